The highest BCUT2D eigenvalue weighted by molar-refractivity contribution is 7.78. The minimum absolute atomic E-state index is 0.476. The first-order valence-electron chi connectivity index (χ1n) is 1.17. The molecule has 0 aromatic heterocycles. The average molecular weight is 107 g/mol. The molecule has 0 unspecified atom stereocenters. The van der Waals surface area contributed by atoms with Crippen LogP contribution < -0.4 is 0 Å². The van der Waals surface area contributed by atoms with Crippen molar-refractivity contribution in [3.63, 3.8) is 0 Å². The molecule has 0 rings (SSSR count). The van der Waals surface area contributed by atoms with Gasteiger partial charge in [-0.3, -0.25) is 0 Å². The smallest absolute Gasteiger partial charge is 0.0487 e. The fraction of sp³-hybridized carbons (Fsp3) is 0.333. The number of hydrogen-bond acceptors (Lipinski definition) is 1. The molecule has 0 N–H and O–H groups in total. The molecule has 28 valence electrons. The lowest BCUT2D eigenvalue weighted by molar-refractivity contribution is 1.84. The third kappa shape index (κ3) is 4.16. The van der Waals surface area contributed by atoms with Gasteiger partial charge in [0.25, 0.3) is 0 Å². The van der Waals surface area contributed by atoms with Gasteiger partial charge in [-0.1, -0.05) is 0 Å². The fourth-order valence-electron chi connectivity index (χ4n) is 0.0315. The summed E-state index contributed by atoms with van der Waals surface area (Å²) in [4.78, 5) is 0. The van der Waals surface area contributed by atoms with Crippen molar-refractivity contribution in [2.45, 2.75) is 0 Å². The Morgan fingerprint density at radius 3 is 2.60 bits per heavy atom. The summed E-state index contributed by atoms with van der Waals surface area (Å²) in [5.41, 5.74) is 0. The molecule has 0 nitrogen and oxygen atoms in total. The van der Waals surface area contributed by atoms with E-state index in [1.807, 2.05) is 0 Å². The van der Waals surface area contributed by atoms with Crippen LogP contribution in [0.4, 0.5) is 0 Å². The van der Waals surface area contributed by atoms with E-state index in [0.29, 0.717) is 5.88 Å². The molecule has 2 heteroatoms. The van der Waals surface area contributed by atoms with Gasteiger partial charge >= 0.3 is 0 Å². The Morgan fingerprint density at radius 2 is 2.60 bits per heavy atom. The number of rotatable bonds is 1. The monoisotopic (exact) mass is 106 g/mol. The number of hydrogen-bond donors (Lipinski definition) is 0. The average Bonchev–Trinajstić information content (AvgIpc) is 1.41. The third-order valence-corrected chi connectivity index (χ3v) is 0.481. The summed E-state index contributed by atoms with van der Waals surface area (Å²) in [6, 6.07) is 0. The quantitative estimate of drug-likeness (QED) is 0.360. The van der Waals surface area contributed by atoms with Crippen LogP contribution in [0.15, 0.2) is 6.08 Å². The van der Waals surface area contributed by atoms with Crippen molar-refractivity contribution in [2.75, 3.05) is 5.88 Å². The Morgan fingerprint density at radius 1 is 2.00 bits per heavy atom. The molecule has 0 aliphatic carbocycles. The Bertz CT molecular complexity index is 53.9. The molecule has 0 spiro atoms. The zero-order valence-electron chi connectivity index (χ0n) is 2.57. The van der Waals surface area contributed by atoms with Crippen molar-refractivity contribution in [3.05, 3.63) is 6.08 Å². The number of allylic oxidation sites excluding steroid dienone is 1. The Labute approximate surface area is 41.4 Å². The molecule has 5 heavy (non-hydrogen) atoms. The molecular weight excluding hydrogens is 104 g/mol. The Kier molecular flexibility index (Phi) is 4.29. The molecule has 0 fully saturated rings. The van der Waals surface area contributed by atoms with Gasteiger partial charge in [0.1, 0.15) is 0 Å². The van der Waals surface area contributed by atoms with Gasteiger partial charge in [0.15, 0.2) is 0 Å². The molecular formula is C3H3ClS. The van der Waals surface area contributed by atoms with E-state index in [1.165, 1.54) is 0 Å². The molecule has 0 aliphatic heterocycles. The van der Waals surface area contributed by atoms with Gasteiger partial charge in [0.05, 0.1) is 0 Å². The molecule has 0 atom stereocenters. The molecule has 0 aromatic carbocycles. The molecule has 0 radical (unpaired) electrons. The summed E-state index contributed by atoms with van der Waals surface area (Å²) in [6.45, 7) is 0. The fourth-order valence-corrected chi connectivity index (χ4v) is 0.283. The summed E-state index contributed by atoms with van der Waals surface area (Å²) in [7, 11) is 0. The van der Waals surface area contributed by atoms with Crippen LogP contribution in [0.3, 0.4) is 0 Å². The number of thiocarbonyl (C=S) groups is 1. The minimum Gasteiger partial charge on any atom is -0.121 e. The van der Waals surface area contributed by atoms with Crippen LogP contribution in [0.5, 0.6) is 0 Å². The second-order valence-electron chi connectivity index (χ2n) is 0.476. The topological polar surface area (TPSA) is 0 Å². The van der Waals surface area contributed by atoms with Crippen LogP contribution in [-0.2, 0) is 0 Å². The van der Waals surface area contributed by atoms with Gasteiger partial charge in [0.2, 0.25) is 0 Å². The summed E-state index contributed by atoms with van der Waals surface area (Å²) >= 11 is 9.38. The van der Waals surface area contributed by atoms with E-state index < -0.39 is 0 Å². The first-order valence-corrected chi connectivity index (χ1v) is 2.11. The zero-order chi connectivity index (χ0) is 4.12. The van der Waals surface area contributed by atoms with Crippen molar-refractivity contribution < 1.29 is 0 Å². The molecule has 0 saturated carbocycles. The van der Waals surface area contributed by atoms with E-state index in [1.54, 1.807) is 6.08 Å². The maximum Gasteiger partial charge on any atom is 0.0487 e. The van der Waals surface area contributed by atoms with Gasteiger partial charge in [-0.15, -0.1) is 11.6 Å². The Hall–Kier alpha value is 0.160. The Balaban J connectivity index is 2.93. The maximum absolute atomic E-state index is 5.12. The van der Waals surface area contributed by atoms with E-state index in [-0.39, 0.29) is 0 Å². The van der Waals surface area contributed by atoms with E-state index in [0.717, 1.165) is 0 Å². The van der Waals surface area contributed by atoms with Gasteiger partial charge in [0, 0.05) is 5.88 Å². The molecule has 0 aliphatic rings. The highest BCUT2D eigenvalue weighted by Gasteiger charge is 1.53. The van der Waals surface area contributed by atoms with E-state index in [2.05, 4.69) is 17.2 Å². The van der Waals surface area contributed by atoms with E-state index in [4.69, 9.17) is 11.6 Å². The lowest BCUT2D eigenvalue weighted by atomic mass is 10.8. The first kappa shape index (κ1) is 5.16. The molecule has 0 bridgehead atoms. The van der Waals surface area contributed by atoms with Crippen LogP contribution in [0.2, 0.25) is 0 Å². The predicted molar refractivity (Wildman–Crippen MR) is 27.9 cm³/mol. The molecule has 0 amide bonds. The lowest BCUT2D eigenvalue weighted by Crippen LogP contribution is -1.51. The van der Waals surface area contributed by atoms with Gasteiger partial charge in [-0.2, -0.15) is 0 Å². The third-order valence-electron chi connectivity index (χ3n) is 0.160. The molecule has 0 aromatic rings. The summed E-state index contributed by atoms with van der Waals surface area (Å²) in [5.74, 6) is 0.476. The summed E-state index contributed by atoms with van der Waals surface area (Å²) in [5, 5.41) is 2.34. The predicted octanol–water partition coefficient (Wildman–Crippen LogP) is 1.38. The van der Waals surface area contributed by atoms with Crippen molar-refractivity contribution in [1.29, 1.82) is 0 Å². The van der Waals surface area contributed by atoms with Crippen LogP contribution in [-0.4, -0.2) is 10.9 Å². The van der Waals surface area contributed by atoms with Crippen molar-refractivity contribution in [1.82, 2.24) is 0 Å². The van der Waals surface area contributed by atoms with Crippen LogP contribution in [0.1, 0.15) is 0 Å². The minimum atomic E-state index is 0.476. The molecule has 0 saturated heterocycles. The van der Waals surface area contributed by atoms with E-state index in [9.17, 15) is 0 Å². The maximum atomic E-state index is 5.12. The largest absolute Gasteiger partial charge is 0.121 e. The van der Waals surface area contributed by atoms with Crippen molar-refractivity contribution in [3.8, 4) is 0 Å². The van der Waals surface area contributed by atoms with Crippen LogP contribution in [0.25, 0.3) is 0 Å². The van der Waals surface area contributed by atoms with Gasteiger partial charge in [-0.25, -0.2) is 0 Å². The number of alkyl halides is 1. The first-order chi connectivity index (χ1) is 2.41. The summed E-state index contributed by atoms with van der Waals surface area (Å²) in [6.07, 6.45) is 1.58. The second-order valence-corrected chi connectivity index (χ2v) is 1.02. The normalized spacial score (nSPS) is 5.80. The summed E-state index contributed by atoms with van der Waals surface area (Å²) < 4.78 is 0. The highest BCUT2D eigenvalue weighted by Crippen LogP contribution is 1.67. The van der Waals surface area contributed by atoms with Crippen molar-refractivity contribution in [2.24, 2.45) is 0 Å². The van der Waals surface area contributed by atoms with Gasteiger partial charge in [-0.05, 0) is 23.3 Å². The van der Waals surface area contributed by atoms with Gasteiger partial charge < -0.3 is 0 Å². The van der Waals surface area contributed by atoms with E-state index >= 15 is 0 Å². The van der Waals surface area contributed by atoms with Crippen LogP contribution in [0, 0.1) is 0 Å². The van der Waals surface area contributed by atoms with Crippen molar-refractivity contribution >= 4 is 28.8 Å². The molecule has 0 heterocycles. The lowest BCUT2D eigenvalue weighted by Gasteiger charge is -1.55. The second kappa shape index (κ2) is 4.16. The highest BCUT2D eigenvalue weighted by atomic mass is 35.5. The van der Waals surface area contributed by atoms with Crippen LogP contribution >= 0.6 is 23.8 Å². The zero-order valence-corrected chi connectivity index (χ0v) is 4.14. The number of halogens is 1. The SMILES string of the molecule is S=C=CCCl. The standard InChI is InChI=1S/C3H3ClS/c4-2-1-3-5/h1H,2H2.